The van der Waals surface area contributed by atoms with Crippen LogP contribution in [0, 0.1) is 0 Å². The second-order valence-electron chi connectivity index (χ2n) is 6.19. The normalized spacial score (nSPS) is 11.0. The van der Waals surface area contributed by atoms with Crippen LogP contribution in [0.3, 0.4) is 0 Å². The predicted octanol–water partition coefficient (Wildman–Crippen LogP) is 6.24. The molecule has 0 saturated heterocycles. The largest absolute Gasteiger partial charge is 0.469 e. The number of hydrogen-bond acceptors (Lipinski definition) is 3. The molecule has 0 unspecified atom stereocenters. The van der Waals surface area contributed by atoms with Gasteiger partial charge < -0.3 is 4.74 Å². The number of unbranched alkanes of at least 4 members (excludes halogenated alkanes) is 5. The van der Waals surface area contributed by atoms with E-state index in [1.807, 2.05) is 12.1 Å². The van der Waals surface area contributed by atoms with Crippen molar-refractivity contribution in [3.05, 3.63) is 40.4 Å². The summed E-state index contributed by atoms with van der Waals surface area (Å²) in [7, 11) is 1.36. The second-order valence-corrected chi connectivity index (χ2v) is 6.63. The SMILES string of the molecule is CCCCCCC/C=C/c1cc(Cl)ccc1C(=O)CCCC(=O)OC. The Balaban J connectivity index is 2.59. The minimum absolute atomic E-state index is 0.0307. The maximum absolute atomic E-state index is 12.4. The van der Waals surface area contributed by atoms with Crippen LogP contribution in [0.5, 0.6) is 0 Å². The lowest BCUT2D eigenvalue weighted by Crippen LogP contribution is -2.05. The van der Waals surface area contributed by atoms with Crippen molar-refractivity contribution >= 4 is 29.4 Å². The Morgan fingerprint density at radius 1 is 1.08 bits per heavy atom. The van der Waals surface area contributed by atoms with Gasteiger partial charge in [-0.1, -0.05) is 56.4 Å². The summed E-state index contributed by atoms with van der Waals surface area (Å²) in [5.41, 5.74) is 1.51. The van der Waals surface area contributed by atoms with Gasteiger partial charge in [-0.15, -0.1) is 0 Å². The van der Waals surface area contributed by atoms with Gasteiger partial charge in [0.25, 0.3) is 0 Å². The summed E-state index contributed by atoms with van der Waals surface area (Å²) >= 11 is 6.08. The van der Waals surface area contributed by atoms with Crippen molar-refractivity contribution in [3.63, 3.8) is 0 Å². The van der Waals surface area contributed by atoms with Crippen LogP contribution >= 0.6 is 11.6 Å². The van der Waals surface area contributed by atoms with Gasteiger partial charge in [0, 0.05) is 23.4 Å². The van der Waals surface area contributed by atoms with Gasteiger partial charge in [0.05, 0.1) is 7.11 Å². The molecule has 4 heteroatoms. The molecule has 3 nitrogen and oxygen atoms in total. The summed E-state index contributed by atoms with van der Waals surface area (Å²) < 4.78 is 4.60. The highest BCUT2D eigenvalue weighted by Gasteiger charge is 2.11. The standard InChI is InChI=1S/C21H29ClO3/c1-3-4-5-6-7-8-9-11-17-16-18(22)14-15-19(17)20(23)12-10-13-21(24)25-2/h9,11,14-16H,3-8,10,12-13H2,1-2H3/b11-9+. The zero-order chi connectivity index (χ0) is 18.5. The summed E-state index contributed by atoms with van der Waals surface area (Å²) in [5.74, 6) is -0.254. The Labute approximate surface area is 156 Å². The van der Waals surface area contributed by atoms with E-state index in [0.717, 1.165) is 12.0 Å². The van der Waals surface area contributed by atoms with Crippen LogP contribution in [0.2, 0.25) is 5.02 Å². The number of Topliss-reactive ketones (excluding diaryl/α,β-unsaturated/α-hetero) is 1. The van der Waals surface area contributed by atoms with Gasteiger partial charge in [-0.25, -0.2) is 0 Å². The third kappa shape index (κ3) is 8.87. The average Bonchev–Trinajstić information content (AvgIpc) is 2.60. The summed E-state index contributed by atoms with van der Waals surface area (Å²) in [4.78, 5) is 23.6. The minimum Gasteiger partial charge on any atom is -0.469 e. The van der Waals surface area contributed by atoms with E-state index in [0.29, 0.717) is 23.4 Å². The van der Waals surface area contributed by atoms with Gasteiger partial charge >= 0.3 is 5.97 Å². The molecule has 0 saturated carbocycles. The summed E-state index contributed by atoms with van der Waals surface area (Å²) in [6.07, 6.45) is 12.4. The number of ether oxygens (including phenoxy) is 1. The molecule has 138 valence electrons. The fraction of sp³-hybridized carbons (Fsp3) is 0.524. The van der Waals surface area contributed by atoms with E-state index in [1.165, 1.54) is 39.2 Å². The third-order valence-corrected chi connectivity index (χ3v) is 4.33. The fourth-order valence-corrected chi connectivity index (χ4v) is 2.81. The van der Waals surface area contributed by atoms with Crippen LogP contribution < -0.4 is 0 Å². The first-order valence-corrected chi connectivity index (χ1v) is 9.52. The molecule has 1 aromatic carbocycles. The van der Waals surface area contributed by atoms with E-state index in [-0.39, 0.29) is 18.2 Å². The molecular weight excluding hydrogens is 336 g/mol. The Morgan fingerprint density at radius 2 is 1.84 bits per heavy atom. The molecule has 0 radical (unpaired) electrons. The molecular formula is C21H29ClO3. The molecule has 25 heavy (non-hydrogen) atoms. The number of ketones is 1. The molecule has 1 aromatic rings. The van der Waals surface area contributed by atoms with Gasteiger partial charge in [-0.05, 0) is 43.0 Å². The lowest BCUT2D eigenvalue weighted by atomic mass is 9.99. The Bertz CT molecular complexity index is 579. The van der Waals surface area contributed by atoms with Crippen molar-refractivity contribution in [1.82, 2.24) is 0 Å². The van der Waals surface area contributed by atoms with Crippen LogP contribution in [0.15, 0.2) is 24.3 Å². The molecule has 0 amide bonds. The molecule has 0 bridgehead atoms. The fourth-order valence-electron chi connectivity index (χ4n) is 2.63. The summed E-state index contributed by atoms with van der Waals surface area (Å²) in [6, 6.07) is 5.32. The molecule has 0 aliphatic carbocycles. The third-order valence-electron chi connectivity index (χ3n) is 4.10. The van der Waals surface area contributed by atoms with Gasteiger partial charge in [0.15, 0.2) is 5.78 Å². The van der Waals surface area contributed by atoms with Crippen LogP contribution in [0.25, 0.3) is 6.08 Å². The molecule has 1 rings (SSSR count). The number of hydrogen-bond donors (Lipinski definition) is 0. The van der Waals surface area contributed by atoms with E-state index in [1.54, 1.807) is 12.1 Å². The van der Waals surface area contributed by atoms with Gasteiger partial charge in [-0.2, -0.15) is 0 Å². The summed E-state index contributed by atoms with van der Waals surface area (Å²) in [6.45, 7) is 2.21. The van der Waals surface area contributed by atoms with E-state index in [4.69, 9.17) is 11.6 Å². The molecule has 0 atom stereocenters. The number of halogens is 1. The highest BCUT2D eigenvalue weighted by molar-refractivity contribution is 6.30. The maximum atomic E-state index is 12.4. The first-order chi connectivity index (χ1) is 12.1. The molecule has 0 spiro atoms. The number of carbonyl (C=O) groups excluding carboxylic acids is 2. The lowest BCUT2D eigenvalue weighted by molar-refractivity contribution is -0.140. The Hall–Kier alpha value is -1.61. The Kier molecular flexibility index (Phi) is 10.9. The predicted molar refractivity (Wildman–Crippen MR) is 104 cm³/mol. The molecule has 0 aromatic heterocycles. The average molecular weight is 365 g/mol. The lowest BCUT2D eigenvalue weighted by Gasteiger charge is -2.06. The number of allylic oxidation sites excluding steroid dienone is 1. The van der Waals surface area contributed by atoms with Crippen LogP contribution in [-0.2, 0) is 9.53 Å². The molecule has 0 N–H and O–H groups in total. The molecule has 0 heterocycles. The number of methoxy groups -OCH3 is 1. The van der Waals surface area contributed by atoms with Crippen LogP contribution in [-0.4, -0.2) is 18.9 Å². The smallest absolute Gasteiger partial charge is 0.305 e. The van der Waals surface area contributed by atoms with E-state index in [9.17, 15) is 9.59 Å². The zero-order valence-corrected chi connectivity index (χ0v) is 16.1. The van der Waals surface area contributed by atoms with Crippen molar-refractivity contribution in [1.29, 1.82) is 0 Å². The van der Waals surface area contributed by atoms with Crippen molar-refractivity contribution in [2.24, 2.45) is 0 Å². The summed E-state index contributed by atoms with van der Waals surface area (Å²) in [5, 5.41) is 0.619. The monoisotopic (exact) mass is 364 g/mol. The number of rotatable bonds is 12. The Morgan fingerprint density at radius 3 is 2.56 bits per heavy atom. The van der Waals surface area contributed by atoms with E-state index < -0.39 is 0 Å². The zero-order valence-electron chi connectivity index (χ0n) is 15.4. The van der Waals surface area contributed by atoms with E-state index in [2.05, 4.69) is 17.7 Å². The van der Waals surface area contributed by atoms with Crippen LogP contribution in [0.4, 0.5) is 0 Å². The highest BCUT2D eigenvalue weighted by Crippen LogP contribution is 2.20. The first kappa shape index (κ1) is 21.4. The minimum atomic E-state index is -0.285. The number of esters is 1. The van der Waals surface area contributed by atoms with Gasteiger partial charge in [0.1, 0.15) is 0 Å². The number of carbonyl (C=O) groups is 2. The van der Waals surface area contributed by atoms with E-state index >= 15 is 0 Å². The topological polar surface area (TPSA) is 43.4 Å². The van der Waals surface area contributed by atoms with Crippen molar-refractivity contribution in [2.45, 2.75) is 64.7 Å². The molecule has 0 aliphatic rings. The van der Waals surface area contributed by atoms with Crippen molar-refractivity contribution in [2.75, 3.05) is 7.11 Å². The highest BCUT2D eigenvalue weighted by atomic mass is 35.5. The maximum Gasteiger partial charge on any atom is 0.305 e. The quantitative estimate of drug-likeness (QED) is 0.250. The first-order valence-electron chi connectivity index (χ1n) is 9.14. The molecule has 0 fully saturated rings. The number of benzene rings is 1. The van der Waals surface area contributed by atoms with Gasteiger partial charge in [0.2, 0.25) is 0 Å². The van der Waals surface area contributed by atoms with Gasteiger partial charge in [-0.3, -0.25) is 9.59 Å². The second kappa shape index (κ2) is 12.7. The van der Waals surface area contributed by atoms with Crippen LogP contribution in [0.1, 0.15) is 80.6 Å². The molecule has 0 aliphatic heterocycles. The van der Waals surface area contributed by atoms with Crippen molar-refractivity contribution < 1.29 is 14.3 Å². The van der Waals surface area contributed by atoms with Crippen molar-refractivity contribution in [3.8, 4) is 0 Å².